The maximum absolute atomic E-state index is 13.3. The van der Waals surface area contributed by atoms with Gasteiger partial charge in [-0.3, -0.25) is 9.59 Å². The van der Waals surface area contributed by atoms with Gasteiger partial charge in [-0.05, 0) is 48.4 Å². The number of rotatable bonds is 6. The summed E-state index contributed by atoms with van der Waals surface area (Å²) in [5.41, 5.74) is 5.99. The molecule has 0 bridgehead atoms. The Morgan fingerprint density at radius 1 is 1.11 bits per heavy atom. The summed E-state index contributed by atoms with van der Waals surface area (Å²) in [5, 5.41) is 7.88. The Morgan fingerprint density at radius 2 is 1.89 bits per heavy atom. The van der Waals surface area contributed by atoms with Gasteiger partial charge in [0.15, 0.2) is 5.78 Å². The zero-order chi connectivity index (χ0) is 24.6. The van der Waals surface area contributed by atoms with Crippen LogP contribution in [0.3, 0.4) is 0 Å². The summed E-state index contributed by atoms with van der Waals surface area (Å²) in [7, 11) is 0. The van der Waals surface area contributed by atoms with Crippen LogP contribution in [0.2, 0.25) is 0 Å². The molecule has 0 unspecified atom stereocenters. The average Bonchev–Trinajstić information content (AvgIpc) is 3.17. The SMILES string of the molecule is CC[C@H]1C2=C(CC(C)(C)CC2=O)Nc2ccccc2N1CC(=O)NCCc1c[nH]c2ccccc12. The maximum Gasteiger partial charge on any atom is 0.239 e. The number of nitrogens with zero attached hydrogens (tertiary/aromatic N) is 1. The summed E-state index contributed by atoms with van der Waals surface area (Å²) in [6.45, 7) is 7.16. The monoisotopic (exact) mass is 470 g/mol. The Balaban J connectivity index is 1.36. The molecule has 2 aromatic carbocycles. The first-order chi connectivity index (χ1) is 16.9. The van der Waals surface area contributed by atoms with E-state index in [9.17, 15) is 9.59 Å². The van der Waals surface area contributed by atoms with Gasteiger partial charge in [0.25, 0.3) is 0 Å². The van der Waals surface area contributed by atoms with Gasteiger partial charge in [-0.2, -0.15) is 0 Å². The number of allylic oxidation sites excluding steroid dienone is 1. The lowest BCUT2D eigenvalue weighted by Gasteiger charge is -2.37. The first-order valence-electron chi connectivity index (χ1n) is 12.6. The maximum atomic E-state index is 13.3. The fraction of sp³-hybridized carbons (Fsp3) is 0.379. The largest absolute Gasteiger partial charge is 0.361 e. The van der Waals surface area contributed by atoms with Crippen LogP contribution in [0.25, 0.3) is 10.9 Å². The summed E-state index contributed by atoms with van der Waals surface area (Å²) in [4.78, 5) is 31.9. The molecule has 1 aliphatic carbocycles. The third-order valence-electron chi connectivity index (χ3n) is 7.22. The molecule has 6 nitrogen and oxygen atoms in total. The molecule has 1 aliphatic heterocycles. The molecule has 0 fully saturated rings. The molecule has 0 saturated heterocycles. The van der Waals surface area contributed by atoms with Crippen molar-refractivity contribution in [3.05, 3.63) is 71.6 Å². The van der Waals surface area contributed by atoms with Gasteiger partial charge in [-0.25, -0.2) is 0 Å². The van der Waals surface area contributed by atoms with Crippen molar-refractivity contribution >= 4 is 34.0 Å². The molecule has 5 rings (SSSR count). The van der Waals surface area contributed by atoms with Gasteiger partial charge in [0, 0.05) is 41.3 Å². The minimum atomic E-state index is -0.135. The molecule has 0 radical (unpaired) electrons. The number of ketones is 1. The number of para-hydroxylation sites is 3. The van der Waals surface area contributed by atoms with Crippen molar-refractivity contribution in [1.29, 1.82) is 0 Å². The molecule has 6 heteroatoms. The number of H-pyrrole nitrogens is 1. The van der Waals surface area contributed by atoms with Crippen LogP contribution in [0.15, 0.2) is 66.0 Å². The third kappa shape index (κ3) is 4.57. The van der Waals surface area contributed by atoms with E-state index in [2.05, 4.69) is 53.4 Å². The van der Waals surface area contributed by atoms with Gasteiger partial charge in [0.05, 0.1) is 24.0 Å². The molecule has 35 heavy (non-hydrogen) atoms. The number of carbonyl (C=O) groups is 2. The third-order valence-corrected chi connectivity index (χ3v) is 7.22. The molecular weight excluding hydrogens is 436 g/mol. The number of amides is 1. The van der Waals surface area contributed by atoms with Crippen molar-refractivity contribution in [3.63, 3.8) is 0 Å². The van der Waals surface area contributed by atoms with E-state index in [1.54, 1.807) is 0 Å². The van der Waals surface area contributed by atoms with E-state index in [4.69, 9.17) is 0 Å². The number of anilines is 2. The quantitative estimate of drug-likeness (QED) is 0.464. The number of hydrogen-bond acceptors (Lipinski definition) is 4. The van der Waals surface area contributed by atoms with Crippen molar-refractivity contribution in [2.45, 2.75) is 52.5 Å². The summed E-state index contributed by atoms with van der Waals surface area (Å²) in [5.74, 6) is 0.152. The van der Waals surface area contributed by atoms with Crippen molar-refractivity contribution in [1.82, 2.24) is 10.3 Å². The molecule has 3 aromatic rings. The highest BCUT2D eigenvalue weighted by atomic mass is 16.2. The highest BCUT2D eigenvalue weighted by Gasteiger charge is 2.40. The van der Waals surface area contributed by atoms with Gasteiger partial charge in [-0.1, -0.05) is 51.1 Å². The molecule has 0 saturated carbocycles. The highest BCUT2D eigenvalue weighted by molar-refractivity contribution is 6.01. The number of hydrogen-bond donors (Lipinski definition) is 3. The number of aromatic nitrogens is 1. The van der Waals surface area contributed by atoms with Gasteiger partial charge in [0.2, 0.25) is 5.91 Å². The number of benzene rings is 2. The standard InChI is InChI=1S/C29H34N4O2/c1-4-24-28-23(15-29(2,3)16-26(28)34)32-22-11-7-8-12-25(22)33(24)18-27(35)30-14-13-19-17-31-21-10-6-5-9-20(19)21/h5-12,17,24,31-32H,4,13-16,18H2,1-3H3,(H,30,35)/t24-/m0/s1. The van der Waals surface area contributed by atoms with E-state index >= 15 is 0 Å². The second-order valence-electron chi connectivity index (χ2n) is 10.5. The summed E-state index contributed by atoms with van der Waals surface area (Å²) < 4.78 is 0. The minimum absolute atomic E-state index is 0.0364. The van der Waals surface area contributed by atoms with E-state index in [0.717, 1.165) is 47.4 Å². The summed E-state index contributed by atoms with van der Waals surface area (Å²) in [6, 6.07) is 16.1. The number of nitrogens with one attached hydrogen (secondary N) is 3. The van der Waals surface area contributed by atoms with E-state index in [-0.39, 0.29) is 29.7 Å². The van der Waals surface area contributed by atoms with Gasteiger partial charge in [-0.15, -0.1) is 0 Å². The fourth-order valence-electron chi connectivity index (χ4n) is 5.65. The van der Waals surface area contributed by atoms with Crippen LogP contribution in [0.5, 0.6) is 0 Å². The van der Waals surface area contributed by atoms with Crippen LogP contribution in [0.1, 0.15) is 45.6 Å². The smallest absolute Gasteiger partial charge is 0.239 e. The molecule has 182 valence electrons. The van der Waals surface area contributed by atoms with E-state index in [0.29, 0.717) is 13.0 Å². The zero-order valence-electron chi connectivity index (χ0n) is 20.8. The van der Waals surface area contributed by atoms with Crippen LogP contribution in [0, 0.1) is 5.41 Å². The number of Topliss-reactive ketones (excluding diaryl/α,β-unsaturated/α-hetero) is 1. The van der Waals surface area contributed by atoms with Gasteiger partial charge in [0.1, 0.15) is 0 Å². The Bertz CT molecular complexity index is 1300. The lowest BCUT2D eigenvalue weighted by atomic mass is 9.74. The second kappa shape index (κ2) is 9.25. The number of carbonyl (C=O) groups excluding carboxylic acids is 2. The van der Waals surface area contributed by atoms with E-state index in [1.165, 1.54) is 10.9 Å². The van der Waals surface area contributed by atoms with Crippen LogP contribution in [0.4, 0.5) is 11.4 Å². The van der Waals surface area contributed by atoms with Crippen molar-refractivity contribution < 1.29 is 9.59 Å². The molecule has 3 N–H and O–H groups in total. The normalized spacial score (nSPS) is 19.1. The Hall–Kier alpha value is -3.54. The minimum Gasteiger partial charge on any atom is -0.361 e. The van der Waals surface area contributed by atoms with Crippen molar-refractivity contribution in [2.75, 3.05) is 23.3 Å². The molecule has 2 aliphatic rings. The van der Waals surface area contributed by atoms with Crippen LogP contribution in [-0.4, -0.2) is 35.8 Å². The first kappa shape index (κ1) is 23.2. The number of fused-ring (bicyclic) bond motifs is 2. The molecule has 1 atom stereocenters. The zero-order valence-corrected chi connectivity index (χ0v) is 20.8. The first-order valence-corrected chi connectivity index (χ1v) is 12.6. The average molecular weight is 471 g/mol. The van der Waals surface area contributed by atoms with E-state index < -0.39 is 0 Å². The molecule has 1 aromatic heterocycles. The second-order valence-corrected chi connectivity index (χ2v) is 10.5. The van der Waals surface area contributed by atoms with Crippen LogP contribution < -0.4 is 15.5 Å². The van der Waals surface area contributed by atoms with Crippen LogP contribution >= 0.6 is 0 Å². The fourth-order valence-corrected chi connectivity index (χ4v) is 5.65. The van der Waals surface area contributed by atoms with E-state index in [1.807, 2.05) is 42.6 Å². The Labute approximate surface area is 206 Å². The number of aromatic amines is 1. The predicted octanol–water partition coefficient (Wildman–Crippen LogP) is 5.18. The molecular formula is C29H34N4O2. The predicted molar refractivity (Wildman–Crippen MR) is 142 cm³/mol. The summed E-state index contributed by atoms with van der Waals surface area (Å²) >= 11 is 0. The lowest BCUT2D eigenvalue weighted by molar-refractivity contribution is -0.120. The molecule has 0 spiro atoms. The highest BCUT2D eigenvalue weighted by Crippen LogP contribution is 2.44. The molecule has 1 amide bonds. The van der Waals surface area contributed by atoms with Gasteiger partial charge < -0.3 is 20.5 Å². The Kier molecular flexibility index (Phi) is 6.13. The van der Waals surface area contributed by atoms with Gasteiger partial charge >= 0.3 is 0 Å². The molecule has 2 heterocycles. The topological polar surface area (TPSA) is 77.2 Å². The summed E-state index contributed by atoms with van der Waals surface area (Å²) in [6.07, 6.45) is 4.89. The van der Waals surface area contributed by atoms with Crippen molar-refractivity contribution in [3.8, 4) is 0 Å². The van der Waals surface area contributed by atoms with Crippen LogP contribution in [-0.2, 0) is 16.0 Å². The Morgan fingerprint density at radius 3 is 2.71 bits per heavy atom. The van der Waals surface area contributed by atoms with Crippen molar-refractivity contribution in [2.24, 2.45) is 5.41 Å². The lowest BCUT2D eigenvalue weighted by Crippen LogP contribution is -2.46.